The predicted octanol–water partition coefficient (Wildman–Crippen LogP) is 2.47. The highest BCUT2D eigenvalue weighted by atomic mass is 19.1. The molecule has 0 aliphatic rings. The Kier molecular flexibility index (Phi) is 5.33. The molecule has 0 unspecified atom stereocenters. The Morgan fingerprint density at radius 1 is 1.08 bits per heavy atom. The van der Waals surface area contributed by atoms with Crippen LogP contribution < -0.4 is 15.2 Å². The van der Waals surface area contributed by atoms with E-state index in [4.69, 9.17) is 20.3 Å². The van der Waals surface area contributed by atoms with Gasteiger partial charge in [-0.3, -0.25) is 0 Å². The van der Waals surface area contributed by atoms with E-state index in [1.807, 2.05) is 0 Å². The van der Waals surface area contributed by atoms with Crippen LogP contribution in [0.1, 0.15) is 0 Å². The highest BCUT2D eigenvalue weighted by molar-refractivity contribution is 5.86. The lowest BCUT2D eigenvalue weighted by molar-refractivity contribution is 0.374. The van der Waals surface area contributed by atoms with E-state index >= 15 is 0 Å². The van der Waals surface area contributed by atoms with Gasteiger partial charge < -0.3 is 25.4 Å². The van der Waals surface area contributed by atoms with Crippen LogP contribution in [0.5, 0.6) is 23.1 Å². The van der Waals surface area contributed by atoms with Crippen LogP contribution >= 0.6 is 0 Å². The van der Waals surface area contributed by atoms with Crippen LogP contribution in [0.2, 0.25) is 0 Å². The highest BCUT2D eigenvalue weighted by Crippen LogP contribution is 2.35. The molecule has 1 heterocycles. The van der Waals surface area contributed by atoms with Gasteiger partial charge in [-0.2, -0.15) is 0 Å². The average molecular weight is 333 g/mol. The molecule has 0 bridgehead atoms. The molecule has 4 N–H and O–H groups in total. The van der Waals surface area contributed by atoms with Crippen molar-refractivity contribution >= 4 is 16.6 Å². The number of phenols is 1. The lowest BCUT2D eigenvalue weighted by Gasteiger charge is -2.10. The molecule has 0 spiro atoms. The topological polar surface area (TPSA) is 111 Å². The van der Waals surface area contributed by atoms with E-state index < -0.39 is 5.82 Å². The fourth-order valence-corrected chi connectivity index (χ4v) is 2.00. The number of aliphatic hydroxyl groups is 1. The maximum Gasteiger partial charge on any atom is 0.230 e. The van der Waals surface area contributed by atoms with Gasteiger partial charge in [0, 0.05) is 24.9 Å². The molecule has 8 heteroatoms. The molecule has 0 aliphatic carbocycles. The maximum absolute atomic E-state index is 13.8. The Morgan fingerprint density at radius 2 is 1.83 bits per heavy atom. The predicted molar refractivity (Wildman–Crippen MR) is 86.8 cm³/mol. The molecule has 3 rings (SSSR count). The van der Waals surface area contributed by atoms with Gasteiger partial charge in [0.05, 0.1) is 18.0 Å². The summed E-state index contributed by atoms with van der Waals surface area (Å²) in [5.41, 5.74) is 6.28. The lowest BCUT2D eigenvalue weighted by atomic mass is 10.2. The number of rotatable bonds is 3. The fourth-order valence-electron chi connectivity index (χ4n) is 2.00. The Bertz CT molecular complexity index is 858. The maximum atomic E-state index is 13.8. The van der Waals surface area contributed by atoms with Crippen molar-refractivity contribution in [3.8, 4) is 23.1 Å². The molecule has 0 fully saturated rings. The number of fused-ring (bicyclic) bond motifs is 1. The van der Waals surface area contributed by atoms with Crippen molar-refractivity contribution in [2.75, 3.05) is 20.0 Å². The van der Waals surface area contributed by atoms with Gasteiger partial charge in [-0.25, -0.2) is 14.4 Å². The SMILES string of the molecule is CO.COc1cc2ncnc(Oc3ccc(N)cc3F)c2cc1O. The van der Waals surface area contributed by atoms with Gasteiger partial charge in [0.25, 0.3) is 0 Å². The number of hydrogen-bond acceptors (Lipinski definition) is 7. The largest absolute Gasteiger partial charge is 0.504 e. The number of halogens is 1. The van der Waals surface area contributed by atoms with Crippen molar-refractivity contribution in [2.45, 2.75) is 0 Å². The Hall–Kier alpha value is -3.13. The Balaban J connectivity index is 0.00000100. The number of phenolic OH excluding ortho intramolecular Hbond substituents is 1. The fraction of sp³-hybridized carbons (Fsp3) is 0.125. The standard InChI is InChI=1S/C15H12FN3O3.CH4O/c1-21-14-6-11-9(5-12(14)20)15(19-7-18-11)22-13-3-2-8(17)4-10(13)16;1-2/h2-7,20H,17H2,1H3;2H,1H3. The van der Waals surface area contributed by atoms with Gasteiger partial charge in [0.15, 0.2) is 23.1 Å². The number of benzene rings is 2. The molecule has 3 aromatic rings. The van der Waals surface area contributed by atoms with Crippen molar-refractivity contribution in [1.82, 2.24) is 9.97 Å². The summed E-state index contributed by atoms with van der Waals surface area (Å²) in [5, 5.41) is 17.3. The zero-order valence-electron chi connectivity index (χ0n) is 13.0. The van der Waals surface area contributed by atoms with Crippen LogP contribution in [-0.4, -0.2) is 34.4 Å². The number of methoxy groups -OCH3 is 1. The summed E-state index contributed by atoms with van der Waals surface area (Å²) in [6.07, 6.45) is 1.28. The lowest BCUT2D eigenvalue weighted by Crippen LogP contribution is -1.95. The second-order valence-corrected chi connectivity index (χ2v) is 4.51. The Labute approximate surface area is 137 Å². The number of anilines is 1. The summed E-state index contributed by atoms with van der Waals surface area (Å²) in [6.45, 7) is 0. The molecule has 0 aliphatic heterocycles. The van der Waals surface area contributed by atoms with Gasteiger partial charge in [0.1, 0.15) is 6.33 Å². The van der Waals surface area contributed by atoms with Gasteiger partial charge in [-0.15, -0.1) is 0 Å². The molecule has 0 radical (unpaired) electrons. The number of aromatic hydroxyl groups is 1. The third-order valence-electron chi connectivity index (χ3n) is 3.06. The van der Waals surface area contributed by atoms with Crippen molar-refractivity contribution in [3.05, 3.63) is 42.5 Å². The molecule has 7 nitrogen and oxygen atoms in total. The van der Waals surface area contributed by atoms with Crippen LogP contribution in [-0.2, 0) is 0 Å². The zero-order valence-corrected chi connectivity index (χ0v) is 13.0. The minimum atomic E-state index is -0.607. The third-order valence-corrected chi connectivity index (χ3v) is 3.06. The summed E-state index contributed by atoms with van der Waals surface area (Å²) >= 11 is 0. The van der Waals surface area contributed by atoms with E-state index in [2.05, 4.69) is 9.97 Å². The van der Waals surface area contributed by atoms with Crippen LogP contribution in [0.4, 0.5) is 10.1 Å². The molecule has 0 saturated heterocycles. The number of nitrogen functional groups attached to an aromatic ring is 1. The summed E-state index contributed by atoms with van der Waals surface area (Å²) in [4.78, 5) is 8.05. The molecule has 0 saturated carbocycles. The molecule has 126 valence electrons. The molecule has 0 atom stereocenters. The van der Waals surface area contributed by atoms with Crippen LogP contribution in [0.15, 0.2) is 36.7 Å². The number of hydrogen-bond donors (Lipinski definition) is 3. The number of aromatic nitrogens is 2. The van der Waals surface area contributed by atoms with Crippen molar-refractivity contribution in [2.24, 2.45) is 0 Å². The minimum absolute atomic E-state index is 0.0236. The normalized spacial score (nSPS) is 10.0. The number of aliphatic hydroxyl groups excluding tert-OH is 1. The van der Waals surface area contributed by atoms with Gasteiger partial charge >= 0.3 is 0 Å². The smallest absolute Gasteiger partial charge is 0.230 e. The number of ether oxygens (including phenoxy) is 2. The van der Waals surface area contributed by atoms with E-state index in [1.165, 1.54) is 31.6 Å². The van der Waals surface area contributed by atoms with E-state index in [0.29, 0.717) is 16.6 Å². The van der Waals surface area contributed by atoms with E-state index in [-0.39, 0.29) is 23.1 Å². The average Bonchev–Trinajstić information content (AvgIpc) is 2.59. The first-order chi connectivity index (χ1) is 11.6. The number of nitrogens with two attached hydrogens (primary N) is 1. The third kappa shape index (κ3) is 3.44. The summed E-state index contributed by atoms with van der Waals surface area (Å²) in [5.74, 6) is -0.330. The van der Waals surface area contributed by atoms with E-state index in [0.717, 1.165) is 13.2 Å². The van der Waals surface area contributed by atoms with Crippen molar-refractivity contribution < 1.29 is 24.1 Å². The molecule has 24 heavy (non-hydrogen) atoms. The molecular weight excluding hydrogens is 317 g/mol. The van der Waals surface area contributed by atoms with Crippen LogP contribution in [0.3, 0.4) is 0 Å². The summed E-state index contributed by atoms with van der Waals surface area (Å²) in [6, 6.07) is 7.01. The molecule has 1 aromatic heterocycles. The summed E-state index contributed by atoms with van der Waals surface area (Å²) in [7, 11) is 2.43. The number of nitrogens with zero attached hydrogens (tertiary/aromatic N) is 2. The van der Waals surface area contributed by atoms with Crippen molar-refractivity contribution in [1.29, 1.82) is 0 Å². The Morgan fingerprint density at radius 3 is 2.50 bits per heavy atom. The van der Waals surface area contributed by atoms with Crippen LogP contribution in [0.25, 0.3) is 10.9 Å². The monoisotopic (exact) mass is 333 g/mol. The highest BCUT2D eigenvalue weighted by Gasteiger charge is 2.13. The van der Waals surface area contributed by atoms with Gasteiger partial charge in [0.2, 0.25) is 5.88 Å². The first-order valence-electron chi connectivity index (χ1n) is 6.78. The molecule has 0 amide bonds. The summed E-state index contributed by atoms with van der Waals surface area (Å²) < 4.78 is 24.3. The zero-order chi connectivity index (χ0) is 17.7. The molecule has 2 aromatic carbocycles. The van der Waals surface area contributed by atoms with Gasteiger partial charge in [-0.05, 0) is 18.2 Å². The van der Waals surface area contributed by atoms with Crippen molar-refractivity contribution in [3.63, 3.8) is 0 Å². The van der Waals surface area contributed by atoms with Gasteiger partial charge in [-0.1, -0.05) is 0 Å². The second kappa shape index (κ2) is 7.42. The van der Waals surface area contributed by atoms with E-state index in [9.17, 15) is 9.50 Å². The first-order valence-corrected chi connectivity index (χ1v) is 6.78. The van der Waals surface area contributed by atoms with Crippen LogP contribution in [0, 0.1) is 5.82 Å². The first kappa shape index (κ1) is 17.2. The second-order valence-electron chi connectivity index (χ2n) is 4.51. The minimum Gasteiger partial charge on any atom is -0.504 e. The van der Waals surface area contributed by atoms with E-state index in [1.54, 1.807) is 6.07 Å². The molecular formula is C16H16FN3O4. The quantitative estimate of drug-likeness (QED) is 0.631.